The zero-order valence-electron chi connectivity index (χ0n) is 22.7. The minimum Gasteiger partial charge on any atom is -0.497 e. The fourth-order valence-corrected chi connectivity index (χ4v) is 6.65. The van der Waals surface area contributed by atoms with Gasteiger partial charge < -0.3 is 14.8 Å². The predicted molar refractivity (Wildman–Crippen MR) is 150 cm³/mol. The zero-order valence-corrected chi connectivity index (χ0v) is 22.7. The maximum absolute atomic E-state index is 13.0. The van der Waals surface area contributed by atoms with Crippen molar-refractivity contribution in [3.63, 3.8) is 0 Å². The molecule has 2 aliphatic rings. The third-order valence-corrected chi connectivity index (χ3v) is 8.53. The third kappa shape index (κ3) is 6.82. The summed E-state index contributed by atoms with van der Waals surface area (Å²) in [5.41, 5.74) is 2.62. The van der Waals surface area contributed by atoms with E-state index in [4.69, 9.17) is 9.47 Å². The van der Waals surface area contributed by atoms with Crippen LogP contribution in [-0.4, -0.2) is 56.8 Å². The first-order valence-electron chi connectivity index (χ1n) is 13.9. The number of likely N-dealkylation sites (tertiary alicyclic amines) is 1. The van der Waals surface area contributed by atoms with Crippen LogP contribution in [0.5, 0.6) is 5.75 Å². The van der Waals surface area contributed by atoms with Gasteiger partial charge in [0.15, 0.2) is 0 Å². The van der Waals surface area contributed by atoms with E-state index in [0.717, 1.165) is 70.3 Å². The van der Waals surface area contributed by atoms with Crippen LogP contribution < -0.4 is 10.1 Å². The van der Waals surface area contributed by atoms with Gasteiger partial charge in [-0.1, -0.05) is 55.0 Å². The lowest BCUT2D eigenvalue weighted by molar-refractivity contribution is -0.124. The smallest absolute Gasteiger partial charge is 0.220 e. The van der Waals surface area contributed by atoms with E-state index in [-0.39, 0.29) is 23.5 Å². The molecule has 0 aromatic heterocycles. The lowest BCUT2D eigenvalue weighted by Gasteiger charge is -2.55. The fraction of sp³-hybridized carbons (Fsp3) is 0.531. The number of hydrogen-bond donors (Lipinski definition) is 1. The fourth-order valence-electron chi connectivity index (χ4n) is 6.65. The number of carbonyl (C=O) groups is 1. The Morgan fingerprint density at radius 1 is 1.14 bits per heavy atom. The maximum Gasteiger partial charge on any atom is 0.220 e. The number of amides is 1. The summed E-state index contributed by atoms with van der Waals surface area (Å²) in [6, 6.07) is 19.2. The molecule has 0 bridgehead atoms. The van der Waals surface area contributed by atoms with E-state index in [1.54, 1.807) is 7.11 Å². The Morgan fingerprint density at radius 2 is 1.97 bits per heavy atom. The normalized spacial score (nSPS) is 25.7. The first-order valence-corrected chi connectivity index (χ1v) is 13.9. The summed E-state index contributed by atoms with van der Waals surface area (Å²) in [5.74, 6) is 1.40. The molecule has 1 N–H and O–H groups in total. The van der Waals surface area contributed by atoms with Crippen LogP contribution in [0.4, 0.5) is 0 Å². The van der Waals surface area contributed by atoms with E-state index in [0.29, 0.717) is 12.3 Å². The Morgan fingerprint density at radius 3 is 2.73 bits per heavy atom. The summed E-state index contributed by atoms with van der Waals surface area (Å²) >= 11 is 0. The Balaban J connectivity index is 1.41. The number of nitrogens with zero attached hydrogens (tertiary/aromatic N) is 1. The summed E-state index contributed by atoms with van der Waals surface area (Å²) in [7, 11) is 3.55. The minimum absolute atomic E-state index is 0.0568. The SMILES string of the molecule is C=CCN1CC[C@@]2(c3cccc(OC)c3)C[C@@H](NC(=O)CCCCCc3ccccc3)CC(OC)[C@@H]2C1. The number of aryl methyl sites for hydroxylation is 1. The molecule has 1 saturated carbocycles. The van der Waals surface area contributed by atoms with Crippen LogP contribution >= 0.6 is 0 Å². The number of hydrogen-bond acceptors (Lipinski definition) is 4. The van der Waals surface area contributed by atoms with Crippen molar-refractivity contribution in [1.82, 2.24) is 10.2 Å². The Labute approximate surface area is 223 Å². The molecule has 1 amide bonds. The van der Waals surface area contributed by atoms with E-state index in [1.807, 2.05) is 19.3 Å². The topological polar surface area (TPSA) is 50.8 Å². The molecule has 4 rings (SSSR count). The van der Waals surface area contributed by atoms with Gasteiger partial charge in [-0.3, -0.25) is 9.69 Å². The van der Waals surface area contributed by atoms with Crippen LogP contribution in [-0.2, 0) is 21.4 Å². The molecule has 37 heavy (non-hydrogen) atoms. The highest BCUT2D eigenvalue weighted by Crippen LogP contribution is 2.50. The Hall–Kier alpha value is -2.63. The summed E-state index contributed by atoms with van der Waals surface area (Å²) in [6.45, 7) is 6.84. The van der Waals surface area contributed by atoms with Crippen molar-refractivity contribution in [2.24, 2.45) is 5.92 Å². The summed E-state index contributed by atoms with van der Waals surface area (Å²) in [5, 5.41) is 3.40. The molecular formula is C32H44N2O3. The summed E-state index contributed by atoms with van der Waals surface area (Å²) in [6.07, 6.45) is 9.69. The van der Waals surface area contributed by atoms with Crippen LogP contribution in [0.25, 0.3) is 0 Å². The Kier molecular flexibility index (Phi) is 9.81. The monoisotopic (exact) mass is 504 g/mol. The number of rotatable bonds is 12. The van der Waals surface area contributed by atoms with Gasteiger partial charge in [0.25, 0.3) is 0 Å². The molecule has 2 aromatic carbocycles. The Bertz CT molecular complexity index is 1010. The second-order valence-corrected chi connectivity index (χ2v) is 10.8. The number of nitrogens with one attached hydrogen (secondary N) is 1. The van der Waals surface area contributed by atoms with E-state index in [9.17, 15) is 4.79 Å². The van der Waals surface area contributed by atoms with Gasteiger partial charge in [-0.15, -0.1) is 6.58 Å². The maximum atomic E-state index is 13.0. The number of carbonyl (C=O) groups excluding carboxylic acids is 1. The van der Waals surface area contributed by atoms with Crippen molar-refractivity contribution >= 4 is 5.91 Å². The van der Waals surface area contributed by atoms with Crippen molar-refractivity contribution in [3.05, 3.63) is 78.4 Å². The molecule has 5 heteroatoms. The standard InChI is InChI=1S/C32H44N2O3/c1-4-19-34-20-18-32(26-15-11-16-28(21-26)36-2)23-27(22-30(37-3)29(32)24-34)33-31(35)17-10-6-9-14-25-12-7-5-8-13-25/h4-5,7-8,11-13,15-16,21,27,29-30H,1,6,9-10,14,17-20,22-24H2,2-3H3,(H,33,35)/t27-,29-,30?,32-/m0/s1. The van der Waals surface area contributed by atoms with E-state index < -0.39 is 0 Å². The molecule has 2 fully saturated rings. The molecule has 1 saturated heterocycles. The van der Waals surface area contributed by atoms with Crippen LogP contribution in [0.15, 0.2) is 67.3 Å². The van der Waals surface area contributed by atoms with Crippen LogP contribution in [0.2, 0.25) is 0 Å². The van der Waals surface area contributed by atoms with Gasteiger partial charge in [-0.2, -0.15) is 0 Å². The minimum atomic E-state index is -0.0568. The second-order valence-electron chi connectivity index (χ2n) is 10.8. The molecule has 2 aromatic rings. The number of benzene rings is 2. The highest BCUT2D eigenvalue weighted by molar-refractivity contribution is 5.76. The van der Waals surface area contributed by atoms with E-state index in [1.165, 1.54) is 11.1 Å². The number of fused-ring (bicyclic) bond motifs is 1. The van der Waals surface area contributed by atoms with Crippen LogP contribution in [0, 0.1) is 5.92 Å². The highest BCUT2D eigenvalue weighted by atomic mass is 16.5. The predicted octanol–water partition coefficient (Wildman–Crippen LogP) is 5.54. The number of methoxy groups -OCH3 is 2. The van der Waals surface area contributed by atoms with Crippen molar-refractivity contribution < 1.29 is 14.3 Å². The van der Waals surface area contributed by atoms with Crippen molar-refractivity contribution in [2.45, 2.75) is 68.9 Å². The van der Waals surface area contributed by atoms with Gasteiger partial charge in [-0.25, -0.2) is 0 Å². The van der Waals surface area contributed by atoms with Gasteiger partial charge >= 0.3 is 0 Å². The summed E-state index contributed by atoms with van der Waals surface area (Å²) < 4.78 is 11.7. The second kappa shape index (κ2) is 13.3. The van der Waals surface area contributed by atoms with Crippen molar-refractivity contribution in [2.75, 3.05) is 33.9 Å². The van der Waals surface area contributed by atoms with Gasteiger partial charge in [-0.05, 0) is 68.3 Å². The van der Waals surface area contributed by atoms with Crippen LogP contribution in [0.3, 0.4) is 0 Å². The van der Waals surface area contributed by atoms with Crippen molar-refractivity contribution in [1.29, 1.82) is 0 Å². The third-order valence-electron chi connectivity index (χ3n) is 8.53. The molecule has 0 spiro atoms. The van der Waals surface area contributed by atoms with Gasteiger partial charge in [0, 0.05) is 44.0 Å². The molecule has 1 aliphatic carbocycles. The van der Waals surface area contributed by atoms with E-state index in [2.05, 4.69) is 65.3 Å². The largest absolute Gasteiger partial charge is 0.497 e. The number of unbranched alkanes of at least 4 members (excludes halogenated alkanes) is 2. The first kappa shape index (κ1) is 27.4. The average Bonchev–Trinajstić information content (AvgIpc) is 2.93. The van der Waals surface area contributed by atoms with Crippen LogP contribution in [0.1, 0.15) is 56.1 Å². The van der Waals surface area contributed by atoms with E-state index >= 15 is 0 Å². The first-order chi connectivity index (χ1) is 18.1. The van der Waals surface area contributed by atoms with Crippen molar-refractivity contribution in [3.8, 4) is 5.75 Å². The van der Waals surface area contributed by atoms with Gasteiger partial charge in [0.2, 0.25) is 5.91 Å². The molecule has 1 unspecified atom stereocenters. The van der Waals surface area contributed by atoms with Gasteiger partial charge in [0.05, 0.1) is 13.2 Å². The van der Waals surface area contributed by atoms with Gasteiger partial charge in [0.1, 0.15) is 5.75 Å². The molecular weight excluding hydrogens is 460 g/mol. The molecule has 5 nitrogen and oxygen atoms in total. The molecule has 0 radical (unpaired) electrons. The zero-order chi connectivity index (χ0) is 26.1. The quantitative estimate of drug-likeness (QED) is 0.305. The number of piperidine rings is 1. The molecule has 200 valence electrons. The highest BCUT2D eigenvalue weighted by Gasteiger charge is 2.52. The molecule has 1 aliphatic heterocycles. The summed E-state index contributed by atoms with van der Waals surface area (Å²) in [4.78, 5) is 15.5. The molecule has 1 heterocycles. The average molecular weight is 505 g/mol. The molecule has 4 atom stereocenters. The number of ether oxygens (including phenoxy) is 2. The lowest BCUT2D eigenvalue weighted by Crippen LogP contribution is -2.61. The lowest BCUT2D eigenvalue weighted by atomic mass is 9.57.